The van der Waals surface area contributed by atoms with Gasteiger partial charge in [0.1, 0.15) is 5.69 Å². The summed E-state index contributed by atoms with van der Waals surface area (Å²) < 4.78 is 38.6. The molecule has 3 nitrogen and oxygen atoms in total. The van der Waals surface area contributed by atoms with Gasteiger partial charge in [0.25, 0.3) is 0 Å². The van der Waals surface area contributed by atoms with Gasteiger partial charge in [-0.05, 0) is 24.6 Å². The highest BCUT2D eigenvalue weighted by atomic mass is 19.4. The van der Waals surface area contributed by atoms with Crippen LogP contribution in [-0.4, -0.2) is 14.8 Å². The molecular weight excluding hydrogens is 231 g/mol. The van der Waals surface area contributed by atoms with E-state index in [9.17, 15) is 13.2 Å². The Morgan fingerprint density at radius 3 is 2.53 bits per heavy atom. The molecule has 2 rings (SSSR count). The van der Waals surface area contributed by atoms with E-state index in [0.29, 0.717) is 5.56 Å². The Bertz CT molecular complexity index is 474. The minimum atomic E-state index is -4.40. The predicted octanol–water partition coefficient (Wildman–Crippen LogP) is 2.91. The molecule has 1 atom stereocenters. The molecule has 0 aromatic carbocycles. The number of hydrogen-bond donors (Lipinski definition) is 0. The second-order valence-electron chi connectivity index (χ2n) is 3.64. The van der Waals surface area contributed by atoms with Gasteiger partial charge in [-0.25, -0.2) is 0 Å². The van der Waals surface area contributed by atoms with E-state index in [1.165, 1.54) is 12.3 Å². The predicted molar refractivity (Wildman–Crippen MR) is 55.3 cm³/mol. The summed E-state index contributed by atoms with van der Waals surface area (Å²) >= 11 is 0. The van der Waals surface area contributed by atoms with E-state index in [1.807, 2.05) is 6.92 Å². The average Bonchev–Trinajstić information content (AvgIpc) is 2.80. The molecular formula is C11H10F3N3. The van der Waals surface area contributed by atoms with Crippen LogP contribution in [0.4, 0.5) is 13.2 Å². The summed E-state index contributed by atoms with van der Waals surface area (Å²) in [6, 6.07) is 4.02. The first-order valence-electron chi connectivity index (χ1n) is 5.01. The molecule has 2 aromatic rings. The number of halogens is 3. The highest BCUT2D eigenvalue weighted by Gasteiger charge is 2.32. The van der Waals surface area contributed by atoms with Crippen LogP contribution >= 0.6 is 0 Å². The van der Waals surface area contributed by atoms with Crippen LogP contribution < -0.4 is 0 Å². The Hall–Kier alpha value is -1.85. The first-order chi connectivity index (χ1) is 7.98. The van der Waals surface area contributed by atoms with Crippen LogP contribution in [0.2, 0.25) is 0 Å². The van der Waals surface area contributed by atoms with E-state index in [4.69, 9.17) is 0 Å². The average molecular weight is 241 g/mol. The minimum absolute atomic E-state index is 0.139. The maximum Gasteiger partial charge on any atom is 0.433 e. The van der Waals surface area contributed by atoms with Gasteiger partial charge in [-0.2, -0.15) is 18.3 Å². The monoisotopic (exact) mass is 241 g/mol. The fourth-order valence-electron chi connectivity index (χ4n) is 1.48. The molecule has 0 spiro atoms. The number of alkyl halides is 3. The molecule has 0 fully saturated rings. The van der Waals surface area contributed by atoms with Crippen LogP contribution in [0, 0.1) is 0 Å². The molecule has 1 unspecified atom stereocenters. The molecule has 2 aromatic heterocycles. The van der Waals surface area contributed by atoms with Crippen LogP contribution in [0.5, 0.6) is 0 Å². The summed E-state index contributed by atoms with van der Waals surface area (Å²) in [4.78, 5) is 3.41. The van der Waals surface area contributed by atoms with Crippen molar-refractivity contribution >= 4 is 0 Å². The largest absolute Gasteiger partial charge is 0.433 e. The van der Waals surface area contributed by atoms with Crippen molar-refractivity contribution in [3.63, 3.8) is 0 Å². The molecule has 0 amide bonds. The van der Waals surface area contributed by atoms with Crippen molar-refractivity contribution in [2.45, 2.75) is 19.1 Å². The summed E-state index contributed by atoms with van der Waals surface area (Å²) in [5, 5.41) is 4.03. The Labute approximate surface area is 95.9 Å². The molecule has 0 aliphatic rings. The zero-order valence-corrected chi connectivity index (χ0v) is 9.02. The molecule has 0 aliphatic carbocycles. The van der Waals surface area contributed by atoms with Gasteiger partial charge < -0.3 is 0 Å². The first-order valence-corrected chi connectivity index (χ1v) is 5.01. The van der Waals surface area contributed by atoms with Gasteiger partial charge in [-0.3, -0.25) is 9.67 Å². The SMILES string of the molecule is CC(c1ccc(C(F)(F)F)nc1)n1cccn1. The van der Waals surface area contributed by atoms with Gasteiger partial charge in [0, 0.05) is 18.6 Å². The van der Waals surface area contributed by atoms with Crippen molar-refractivity contribution in [3.05, 3.63) is 48.0 Å². The van der Waals surface area contributed by atoms with E-state index in [2.05, 4.69) is 10.1 Å². The van der Waals surface area contributed by atoms with Gasteiger partial charge in [0.05, 0.1) is 6.04 Å². The zero-order chi connectivity index (χ0) is 12.5. The minimum Gasteiger partial charge on any atom is -0.265 e. The number of hydrogen-bond acceptors (Lipinski definition) is 2. The van der Waals surface area contributed by atoms with Crippen molar-refractivity contribution in [3.8, 4) is 0 Å². The van der Waals surface area contributed by atoms with Crippen LogP contribution in [-0.2, 0) is 6.18 Å². The molecule has 0 radical (unpaired) electrons. The van der Waals surface area contributed by atoms with E-state index in [0.717, 1.165) is 6.07 Å². The first kappa shape index (κ1) is 11.6. The summed E-state index contributed by atoms with van der Waals surface area (Å²) in [5.74, 6) is 0. The van der Waals surface area contributed by atoms with Gasteiger partial charge in [0.2, 0.25) is 0 Å². The Morgan fingerprint density at radius 1 is 1.29 bits per heavy atom. The molecule has 0 bridgehead atoms. The lowest BCUT2D eigenvalue weighted by Crippen LogP contribution is -2.11. The highest BCUT2D eigenvalue weighted by molar-refractivity contribution is 5.19. The maximum absolute atomic E-state index is 12.3. The number of aromatic nitrogens is 3. The van der Waals surface area contributed by atoms with E-state index in [1.54, 1.807) is 23.1 Å². The van der Waals surface area contributed by atoms with Crippen molar-refractivity contribution in [2.75, 3.05) is 0 Å². The normalized spacial score (nSPS) is 13.6. The molecule has 2 heterocycles. The third kappa shape index (κ3) is 2.46. The van der Waals surface area contributed by atoms with Crippen molar-refractivity contribution in [2.24, 2.45) is 0 Å². The smallest absolute Gasteiger partial charge is 0.265 e. The van der Waals surface area contributed by atoms with Crippen molar-refractivity contribution < 1.29 is 13.2 Å². The second-order valence-corrected chi connectivity index (χ2v) is 3.64. The Kier molecular flexibility index (Phi) is 2.87. The van der Waals surface area contributed by atoms with Crippen LogP contribution in [0.25, 0.3) is 0 Å². The highest BCUT2D eigenvalue weighted by Crippen LogP contribution is 2.28. The van der Waals surface area contributed by atoms with Gasteiger partial charge in [0.15, 0.2) is 0 Å². The van der Waals surface area contributed by atoms with E-state index < -0.39 is 11.9 Å². The lowest BCUT2D eigenvalue weighted by Gasteiger charge is -2.13. The number of pyridine rings is 1. The second kappa shape index (κ2) is 4.20. The lowest BCUT2D eigenvalue weighted by atomic mass is 10.1. The molecule has 90 valence electrons. The topological polar surface area (TPSA) is 30.7 Å². The molecule has 0 saturated heterocycles. The molecule has 6 heteroatoms. The van der Waals surface area contributed by atoms with Crippen molar-refractivity contribution in [1.29, 1.82) is 0 Å². The van der Waals surface area contributed by atoms with Crippen LogP contribution in [0.15, 0.2) is 36.8 Å². The molecule has 0 saturated carbocycles. The molecule has 17 heavy (non-hydrogen) atoms. The van der Waals surface area contributed by atoms with Gasteiger partial charge >= 0.3 is 6.18 Å². The van der Waals surface area contributed by atoms with E-state index >= 15 is 0 Å². The van der Waals surface area contributed by atoms with Crippen LogP contribution in [0.3, 0.4) is 0 Å². The quantitative estimate of drug-likeness (QED) is 0.809. The van der Waals surface area contributed by atoms with E-state index in [-0.39, 0.29) is 6.04 Å². The Morgan fingerprint density at radius 2 is 2.06 bits per heavy atom. The Balaban J connectivity index is 2.24. The van der Waals surface area contributed by atoms with Crippen molar-refractivity contribution in [1.82, 2.24) is 14.8 Å². The molecule has 0 N–H and O–H groups in total. The summed E-state index contributed by atoms with van der Waals surface area (Å²) in [6.45, 7) is 1.84. The fraction of sp³-hybridized carbons (Fsp3) is 0.273. The third-order valence-corrected chi connectivity index (χ3v) is 2.48. The standard InChI is InChI=1S/C11H10F3N3/c1-8(17-6-2-5-16-17)9-3-4-10(15-7-9)11(12,13)14/h2-8H,1H3. The zero-order valence-electron chi connectivity index (χ0n) is 9.02. The fourth-order valence-corrected chi connectivity index (χ4v) is 1.48. The van der Waals surface area contributed by atoms with Gasteiger partial charge in [-0.1, -0.05) is 6.07 Å². The third-order valence-electron chi connectivity index (χ3n) is 2.48. The summed E-state index contributed by atoms with van der Waals surface area (Å²) in [6.07, 6.45) is 0.207. The summed E-state index contributed by atoms with van der Waals surface area (Å²) in [5.41, 5.74) is -0.199. The van der Waals surface area contributed by atoms with Crippen LogP contribution in [0.1, 0.15) is 24.2 Å². The van der Waals surface area contributed by atoms with Gasteiger partial charge in [-0.15, -0.1) is 0 Å². The molecule has 0 aliphatic heterocycles. The number of nitrogens with zero attached hydrogens (tertiary/aromatic N) is 3. The maximum atomic E-state index is 12.3. The lowest BCUT2D eigenvalue weighted by molar-refractivity contribution is -0.141. The summed E-state index contributed by atoms with van der Waals surface area (Å²) in [7, 11) is 0. The number of rotatable bonds is 2.